The van der Waals surface area contributed by atoms with E-state index in [9.17, 15) is 19.8 Å². The highest BCUT2D eigenvalue weighted by Gasteiger charge is 2.24. The van der Waals surface area contributed by atoms with Gasteiger partial charge in [-0.3, -0.25) is 9.59 Å². The average molecular weight is 750 g/mol. The SMILES string of the molecule is CCCCCCCC/C=C\CCCC(CC(=O)NC(CO)C(O)CCCCCCCCCCCCCCCC)OC(=O)CCCCCCCCCCC. The van der Waals surface area contributed by atoms with Gasteiger partial charge in [-0.25, -0.2) is 0 Å². The summed E-state index contributed by atoms with van der Waals surface area (Å²) in [5.74, 6) is -0.496. The molecule has 0 heterocycles. The molecule has 314 valence electrons. The Morgan fingerprint density at radius 1 is 0.528 bits per heavy atom. The molecular formula is C47H91NO5. The van der Waals surface area contributed by atoms with Crippen LogP contribution in [0.4, 0.5) is 0 Å². The number of nitrogens with one attached hydrogen (secondary N) is 1. The number of aliphatic hydroxyl groups excluding tert-OH is 2. The second-order valence-corrected chi connectivity index (χ2v) is 16.2. The first-order valence-corrected chi connectivity index (χ1v) is 23.4. The summed E-state index contributed by atoms with van der Waals surface area (Å²) in [6, 6.07) is -0.701. The minimum atomic E-state index is -0.786. The minimum Gasteiger partial charge on any atom is -0.462 e. The summed E-state index contributed by atoms with van der Waals surface area (Å²) in [6.07, 6.45) is 44.2. The van der Waals surface area contributed by atoms with Crippen molar-refractivity contribution in [2.75, 3.05) is 6.61 Å². The van der Waals surface area contributed by atoms with Crippen molar-refractivity contribution in [2.24, 2.45) is 0 Å². The van der Waals surface area contributed by atoms with Crippen LogP contribution < -0.4 is 5.32 Å². The Hall–Kier alpha value is -1.40. The van der Waals surface area contributed by atoms with E-state index in [1.165, 1.54) is 154 Å². The largest absolute Gasteiger partial charge is 0.462 e. The van der Waals surface area contributed by atoms with Crippen LogP contribution in [0.15, 0.2) is 12.2 Å². The van der Waals surface area contributed by atoms with E-state index in [2.05, 4.69) is 38.2 Å². The molecule has 0 aromatic carbocycles. The smallest absolute Gasteiger partial charge is 0.306 e. The third-order valence-corrected chi connectivity index (χ3v) is 10.8. The van der Waals surface area contributed by atoms with Crippen LogP contribution in [0.25, 0.3) is 0 Å². The Kier molecular flexibility index (Phi) is 40.7. The standard InChI is InChI=1S/C47H91NO5/c1-4-7-10-13-16-19-21-22-23-25-28-30-33-36-39-45(50)44(42-49)48-46(51)41-43(38-35-32-29-27-24-20-17-14-11-8-5-2)53-47(52)40-37-34-31-26-18-15-12-9-6-3/h27,29,43-45,49-50H,4-26,28,30-42H2,1-3H3,(H,48,51)/b29-27-. The predicted molar refractivity (Wildman–Crippen MR) is 227 cm³/mol. The Balaban J connectivity index is 4.52. The average Bonchev–Trinajstić information content (AvgIpc) is 3.15. The number of unbranched alkanes of at least 4 members (excludes halogenated alkanes) is 28. The molecular weight excluding hydrogens is 659 g/mol. The highest BCUT2D eigenvalue weighted by atomic mass is 16.5. The van der Waals surface area contributed by atoms with Gasteiger partial charge in [0, 0.05) is 6.42 Å². The van der Waals surface area contributed by atoms with E-state index in [0.717, 1.165) is 51.4 Å². The zero-order valence-corrected chi connectivity index (χ0v) is 35.7. The molecule has 3 unspecified atom stereocenters. The van der Waals surface area contributed by atoms with Gasteiger partial charge in [-0.05, 0) is 44.9 Å². The van der Waals surface area contributed by atoms with Gasteiger partial charge in [0.15, 0.2) is 0 Å². The van der Waals surface area contributed by atoms with Gasteiger partial charge in [-0.15, -0.1) is 0 Å². The Labute approximate surface area is 329 Å². The van der Waals surface area contributed by atoms with E-state index < -0.39 is 18.2 Å². The van der Waals surface area contributed by atoms with Crippen molar-refractivity contribution in [2.45, 2.75) is 270 Å². The first-order valence-electron chi connectivity index (χ1n) is 23.4. The number of rotatable bonds is 42. The molecule has 0 aromatic heterocycles. The molecule has 0 aliphatic heterocycles. The number of ether oxygens (including phenoxy) is 1. The van der Waals surface area contributed by atoms with Crippen LogP contribution in [0.2, 0.25) is 0 Å². The Morgan fingerprint density at radius 2 is 0.925 bits per heavy atom. The molecule has 0 bridgehead atoms. The molecule has 0 aliphatic carbocycles. The van der Waals surface area contributed by atoms with Crippen LogP contribution in [-0.4, -0.2) is 46.9 Å². The maximum absolute atomic E-state index is 13.1. The van der Waals surface area contributed by atoms with Crippen molar-refractivity contribution in [1.82, 2.24) is 5.32 Å². The van der Waals surface area contributed by atoms with Gasteiger partial charge in [0.2, 0.25) is 5.91 Å². The zero-order valence-electron chi connectivity index (χ0n) is 35.7. The Bertz CT molecular complexity index is 802. The van der Waals surface area contributed by atoms with Gasteiger partial charge in [0.1, 0.15) is 6.10 Å². The molecule has 0 saturated carbocycles. The summed E-state index contributed by atoms with van der Waals surface area (Å²) >= 11 is 0. The highest BCUT2D eigenvalue weighted by Crippen LogP contribution is 2.17. The third-order valence-electron chi connectivity index (χ3n) is 10.8. The summed E-state index contributed by atoms with van der Waals surface area (Å²) < 4.78 is 5.87. The summed E-state index contributed by atoms with van der Waals surface area (Å²) in [4.78, 5) is 25.9. The van der Waals surface area contributed by atoms with Gasteiger partial charge < -0.3 is 20.3 Å². The van der Waals surface area contributed by atoms with Crippen molar-refractivity contribution < 1.29 is 24.5 Å². The molecule has 1 amide bonds. The van der Waals surface area contributed by atoms with Gasteiger partial charge in [0.05, 0.1) is 25.2 Å². The Morgan fingerprint density at radius 3 is 1.38 bits per heavy atom. The van der Waals surface area contributed by atoms with Crippen LogP contribution in [-0.2, 0) is 14.3 Å². The maximum atomic E-state index is 13.1. The molecule has 0 saturated heterocycles. The molecule has 3 atom stereocenters. The van der Waals surface area contributed by atoms with Crippen molar-refractivity contribution in [3.8, 4) is 0 Å². The number of hydrogen-bond donors (Lipinski definition) is 3. The number of allylic oxidation sites excluding steroid dienone is 2. The van der Waals surface area contributed by atoms with E-state index in [1.54, 1.807) is 0 Å². The topological polar surface area (TPSA) is 95.9 Å². The van der Waals surface area contributed by atoms with Crippen LogP contribution in [0.5, 0.6) is 0 Å². The molecule has 53 heavy (non-hydrogen) atoms. The minimum absolute atomic E-state index is 0.0626. The van der Waals surface area contributed by atoms with E-state index in [1.807, 2.05) is 0 Å². The van der Waals surface area contributed by atoms with E-state index in [0.29, 0.717) is 19.3 Å². The molecule has 0 radical (unpaired) electrons. The number of carbonyl (C=O) groups excluding carboxylic acids is 2. The summed E-state index contributed by atoms with van der Waals surface area (Å²) in [7, 11) is 0. The van der Waals surface area contributed by atoms with Gasteiger partial charge in [-0.1, -0.05) is 206 Å². The zero-order chi connectivity index (χ0) is 38.9. The fraction of sp³-hybridized carbons (Fsp3) is 0.915. The molecule has 0 fully saturated rings. The van der Waals surface area contributed by atoms with Crippen molar-refractivity contribution in [3.63, 3.8) is 0 Å². The predicted octanol–water partition coefficient (Wildman–Crippen LogP) is 13.4. The molecule has 6 heteroatoms. The quantitative estimate of drug-likeness (QED) is 0.0328. The third kappa shape index (κ3) is 37.3. The lowest BCUT2D eigenvalue weighted by Gasteiger charge is -2.24. The number of carbonyl (C=O) groups is 2. The monoisotopic (exact) mass is 750 g/mol. The summed E-state index contributed by atoms with van der Waals surface area (Å²) in [6.45, 7) is 6.45. The molecule has 0 rings (SSSR count). The first kappa shape index (κ1) is 51.6. The molecule has 0 spiro atoms. The lowest BCUT2D eigenvalue weighted by Crippen LogP contribution is -2.46. The number of esters is 1. The van der Waals surface area contributed by atoms with Crippen LogP contribution in [0.1, 0.15) is 252 Å². The number of amides is 1. The summed E-state index contributed by atoms with van der Waals surface area (Å²) in [5.41, 5.74) is 0. The molecule has 3 N–H and O–H groups in total. The number of aliphatic hydroxyl groups is 2. The second-order valence-electron chi connectivity index (χ2n) is 16.2. The molecule has 0 aliphatic rings. The summed E-state index contributed by atoms with van der Waals surface area (Å²) in [5, 5.41) is 23.6. The number of hydrogen-bond acceptors (Lipinski definition) is 5. The highest BCUT2D eigenvalue weighted by molar-refractivity contribution is 5.77. The van der Waals surface area contributed by atoms with Crippen LogP contribution >= 0.6 is 0 Å². The second kappa shape index (κ2) is 41.8. The van der Waals surface area contributed by atoms with E-state index >= 15 is 0 Å². The molecule has 0 aromatic rings. The fourth-order valence-corrected chi connectivity index (χ4v) is 7.25. The first-order chi connectivity index (χ1) is 26.0. The normalized spacial score (nSPS) is 13.4. The maximum Gasteiger partial charge on any atom is 0.306 e. The van der Waals surface area contributed by atoms with Gasteiger partial charge in [0.25, 0.3) is 0 Å². The van der Waals surface area contributed by atoms with E-state index in [4.69, 9.17) is 4.74 Å². The van der Waals surface area contributed by atoms with Crippen molar-refractivity contribution >= 4 is 11.9 Å². The van der Waals surface area contributed by atoms with Gasteiger partial charge in [-0.2, -0.15) is 0 Å². The fourth-order valence-electron chi connectivity index (χ4n) is 7.25. The lowest BCUT2D eigenvalue weighted by atomic mass is 10.0. The van der Waals surface area contributed by atoms with Crippen molar-refractivity contribution in [1.29, 1.82) is 0 Å². The van der Waals surface area contributed by atoms with Crippen molar-refractivity contribution in [3.05, 3.63) is 12.2 Å². The lowest BCUT2D eigenvalue weighted by molar-refractivity contribution is -0.151. The van der Waals surface area contributed by atoms with Crippen LogP contribution in [0.3, 0.4) is 0 Å². The van der Waals surface area contributed by atoms with Crippen LogP contribution in [0, 0.1) is 0 Å². The van der Waals surface area contributed by atoms with E-state index in [-0.39, 0.29) is 24.9 Å². The van der Waals surface area contributed by atoms with Gasteiger partial charge >= 0.3 is 5.97 Å². The molecule has 6 nitrogen and oxygen atoms in total.